The third-order valence-corrected chi connectivity index (χ3v) is 3.46. The summed E-state index contributed by atoms with van der Waals surface area (Å²) in [4.78, 5) is 21.2. The molecular formula is C10H17O6S-. The van der Waals surface area contributed by atoms with Crippen molar-refractivity contribution in [1.29, 1.82) is 0 Å². The Bertz CT molecular complexity index is 291. The van der Waals surface area contributed by atoms with E-state index < -0.39 is 34.2 Å². The maximum atomic E-state index is 10.9. The molecule has 0 aromatic carbocycles. The summed E-state index contributed by atoms with van der Waals surface area (Å²) in [5, 5.41) is 16.7. The zero-order valence-electron chi connectivity index (χ0n) is 9.63. The first-order valence-electron chi connectivity index (χ1n) is 5.41. The lowest BCUT2D eigenvalue weighted by molar-refractivity contribution is -0.143. The van der Waals surface area contributed by atoms with Gasteiger partial charge in [0.05, 0.1) is 5.92 Å². The van der Waals surface area contributed by atoms with Crippen LogP contribution in [0.2, 0.25) is 0 Å². The predicted molar refractivity (Wildman–Crippen MR) is 60.2 cm³/mol. The lowest BCUT2D eigenvalue weighted by Crippen LogP contribution is -2.24. The van der Waals surface area contributed by atoms with E-state index in [1.807, 2.05) is 6.92 Å². The standard InChI is InChI=1S/C10H18O6S/c1-2-3-8(17(15)16)6-7(10(13)14)4-5-9(11)12/h7-8H,2-6H2,1H3,(H,11,12)(H,13,14)(H,15,16)/p-1. The highest BCUT2D eigenvalue weighted by atomic mass is 32.2. The van der Waals surface area contributed by atoms with Gasteiger partial charge in [-0.25, -0.2) is 0 Å². The zero-order chi connectivity index (χ0) is 13.4. The fourth-order valence-corrected chi connectivity index (χ4v) is 2.39. The Kier molecular flexibility index (Phi) is 7.73. The molecule has 3 unspecified atom stereocenters. The van der Waals surface area contributed by atoms with Crippen molar-refractivity contribution in [1.82, 2.24) is 0 Å². The van der Waals surface area contributed by atoms with Gasteiger partial charge in [0, 0.05) is 11.7 Å². The lowest BCUT2D eigenvalue weighted by atomic mass is 9.96. The van der Waals surface area contributed by atoms with Crippen LogP contribution in [0.3, 0.4) is 0 Å². The Morgan fingerprint density at radius 1 is 1.29 bits per heavy atom. The van der Waals surface area contributed by atoms with Gasteiger partial charge >= 0.3 is 11.9 Å². The second-order valence-electron chi connectivity index (χ2n) is 3.87. The number of rotatable bonds is 9. The van der Waals surface area contributed by atoms with Crippen LogP contribution in [0.1, 0.15) is 39.0 Å². The quantitative estimate of drug-likeness (QED) is 0.601. The first kappa shape index (κ1) is 16.1. The normalized spacial score (nSPS) is 16.1. The van der Waals surface area contributed by atoms with Crippen molar-refractivity contribution in [3.05, 3.63) is 0 Å². The molecule has 6 nitrogen and oxygen atoms in total. The minimum atomic E-state index is -2.32. The Labute approximate surface area is 102 Å². The van der Waals surface area contributed by atoms with Crippen LogP contribution in [0.15, 0.2) is 0 Å². The second kappa shape index (κ2) is 8.19. The van der Waals surface area contributed by atoms with E-state index in [0.29, 0.717) is 12.8 Å². The second-order valence-corrected chi connectivity index (χ2v) is 5.06. The van der Waals surface area contributed by atoms with Crippen molar-refractivity contribution in [3.8, 4) is 0 Å². The Balaban J connectivity index is 4.44. The molecule has 0 aromatic rings. The number of hydrogen-bond acceptors (Lipinski definition) is 4. The van der Waals surface area contributed by atoms with Gasteiger partial charge in [0.1, 0.15) is 0 Å². The van der Waals surface area contributed by atoms with Crippen LogP contribution in [0, 0.1) is 5.92 Å². The average molecular weight is 265 g/mol. The van der Waals surface area contributed by atoms with Gasteiger partial charge in [0.15, 0.2) is 0 Å². The van der Waals surface area contributed by atoms with Crippen molar-refractivity contribution < 1.29 is 28.6 Å². The SMILES string of the molecule is CCCC(CC(CCC(=O)O)C(=O)O)S(=O)[O-]. The molecule has 0 saturated heterocycles. The summed E-state index contributed by atoms with van der Waals surface area (Å²) in [7, 11) is 0. The molecule has 100 valence electrons. The molecule has 3 atom stereocenters. The smallest absolute Gasteiger partial charge is 0.306 e. The maximum absolute atomic E-state index is 10.9. The first-order chi connectivity index (χ1) is 7.88. The molecule has 0 radical (unpaired) electrons. The summed E-state index contributed by atoms with van der Waals surface area (Å²) in [6, 6.07) is 0. The predicted octanol–water partition coefficient (Wildman–Crippen LogP) is 0.990. The average Bonchev–Trinajstić information content (AvgIpc) is 2.21. The van der Waals surface area contributed by atoms with Crippen LogP contribution in [0.4, 0.5) is 0 Å². The summed E-state index contributed by atoms with van der Waals surface area (Å²) in [6.07, 6.45) is 0.715. The van der Waals surface area contributed by atoms with Crippen LogP contribution in [0.25, 0.3) is 0 Å². The van der Waals surface area contributed by atoms with E-state index >= 15 is 0 Å². The largest absolute Gasteiger partial charge is 0.772 e. The summed E-state index contributed by atoms with van der Waals surface area (Å²) in [5.74, 6) is -3.13. The monoisotopic (exact) mass is 265 g/mol. The van der Waals surface area contributed by atoms with Gasteiger partial charge in [0.2, 0.25) is 0 Å². The van der Waals surface area contributed by atoms with E-state index in [2.05, 4.69) is 0 Å². The molecule has 0 aliphatic rings. The van der Waals surface area contributed by atoms with Crippen LogP contribution < -0.4 is 0 Å². The molecule has 0 aromatic heterocycles. The highest BCUT2D eigenvalue weighted by Gasteiger charge is 2.23. The third kappa shape index (κ3) is 7.06. The molecule has 2 N–H and O–H groups in total. The molecule has 0 heterocycles. The van der Waals surface area contributed by atoms with Crippen molar-refractivity contribution in [2.24, 2.45) is 5.92 Å². The first-order valence-corrected chi connectivity index (χ1v) is 6.54. The molecular weight excluding hydrogens is 248 g/mol. The van der Waals surface area contributed by atoms with E-state index in [9.17, 15) is 18.4 Å². The van der Waals surface area contributed by atoms with Crippen LogP contribution >= 0.6 is 0 Å². The van der Waals surface area contributed by atoms with Gasteiger partial charge in [-0.3, -0.25) is 13.8 Å². The molecule has 0 aliphatic heterocycles. The van der Waals surface area contributed by atoms with Crippen LogP contribution in [-0.4, -0.2) is 36.2 Å². The minimum absolute atomic E-state index is 0.0213. The van der Waals surface area contributed by atoms with Crippen molar-refractivity contribution in [2.75, 3.05) is 0 Å². The van der Waals surface area contributed by atoms with Crippen molar-refractivity contribution in [3.63, 3.8) is 0 Å². The summed E-state index contributed by atoms with van der Waals surface area (Å²) < 4.78 is 21.8. The van der Waals surface area contributed by atoms with Gasteiger partial charge < -0.3 is 14.8 Å². The van der Waals surface area contributed by atoms with Gasteiger partial charge in [-0.1, -0.05) is 24.4 Å². The molecule has 0 bridgehead atoms. The molecule has 7 heteroatoms. The molecule has 0 rings (SSSR count). The highest BCUT2D eigenvalue weighted by molar-refractivity contribution is 7.79. The number of aliphatic carboxylic acids is 2. The van der Waals surface area contributed by atoms with E-state index in [0.717, 1.165) is 0 Å². The molecule has 0 aliphatic carbocycles. The highest BCUT2D eigenvalue weighted by Crippen LogP contribution is 2.20. The van der Waals surface area contributed by atoms with Gasteiger partial charge in [0.25, 0.3) is 0 Å². The fourth-order valence-electron chi connectivity index (χ4n) is 1.57. The van der Waals surface area contributed by atoms with E-state index in [-0.39, 0.29) is 19.3 Å². The third-order valence-electron chi connectivity index (χ3n) is 2.49. The van der Waals surface area contributed by atoms with E-state index in [1.165, 1.54) is 0 Å². The van der Waals surface area contributed by atoms with Crippen molar-refractivity contribution >= 4 is 23.0 Å². The topological polar surface area (TPSA) is 115 Å². The minimum Gasteiger partial charge on any atom is -0.772 e. The van der Waals surface area contributed by atoms with Crippen LogP contribution in [0.5, 0.6) is 0 Å². The molecule has 0 spiro atoms. The number of carboxylic acid groups (broad SMARTS) is 2. The Hall–Kier alpha value is -0.950. The van der Waals surface area contributed by atoms with Gasteiger partial charge in [-0.15, -0.1) is 0 Å². The maximum Gasteiger partial charge on any atom is 0.306 e. The zero-order valence-corrected chi connectivity index (χ0v) is 10.4. The molecule has 17 heavy (non-hydrogen) atoms. The van der Waals surface area contributed by atoms with Crippen LogP contribution in [-0.2, 0) is 20.7 Å². The lowest BCUT2D eigenvalue weighted by Gasteiger charge is -2.22. The Morgan fingerprint density at radius 3 is 2.24 bits per heavy atom. The number of hydrogen-bond donors (Lipinski definition) is 2. The molecule has 0 amide bonds. The molecule has 0 fully saturated rings. The van der Waals surface area contributed by atoms with Gasteiger partial charge in [-0.05, 0) is 19.3 Å². The molecule has 0 saturated carbocycles. The van der Waals surface area contributed by atoms with Crippen molar-refractivity contribution in [2.45, 2.75) is 44.3 Å². The number of carboxylic acids is 2. The summed E-state index contributed by atoms with van der Waals surface area (Å²) in [5.41, 5.74) is 0. The van der Waals surface area contributed by atoms with E-state index in [1.54, 1.807) is 0 Å². The summed E-state index contributed by atoms with van der Waals surface area (Å²) >= 11 is -2.32. The Morgan fingerprint density at radius 2 is 1.88 bits per heavy atom. The number of carbonyl (C=O) groups is 2. The fraction of sp³-hybridized carbons (Fsp3) is 0.800. The van der Waals surface area contributed by atoms with Gasteiger partial charge in [-0.2, -0.15) is 0 Å². The van der Waals surface area contributed by atoms with E-state index in [4.69, 9.17) is 10.2 Å². The summed E-state index contributed by atoms with van der Waals surface area (Å²) in [6.45, 7) is 1.81.